The van der Waals surface area contributed by atoms with E-state index in [0.717, 1.165) is 31.4 Å². The lowest BCUT2D eigenvalue weighted by Crippen LogP contribution is -2.60. The van der Waals surface area contributed by atoms with Gasteiger partial charge in [-0.3, -0.25) is 14.5 Å². The fraction of sp³-hybridized carbons (Fsp3) is 0.724. The van der Waals surface area contributed by atoms with Gasteiger partial charge < -0.3 is 15.7 Å². The number of rotatable bonds is 8. The molecule has 0 radical (unpaired) electrons. The van der Waals surface area contributed by atoms with Crippen molar-refractivity contribution in [3.8, 4) is 0 Å². The summed E-state index contributed by atoms with van der Waals surface area (Å²) in [6.45, 7) is 6.96. The number of fused-ring (bicyclic) bond motifs is 1. The Morgan fingerprint density at radius 3 is 2.37 bits per heavy atom. The Labute approximate surface area is 227 Å². The maximum absolute atomic E-state index is 13.4. The van der Waals surface area contributed by atoms with Gasteiger partial charge in [0.05, 0.1) is 35.6 Å². The summed E-state index contributed by atoms with van der Waals surface area (Å²) in [6.07, 6.45) is 5.31. The molecule has 212 valence electrons. The van der Waals surface area contributed by atoms with Crippen molar-refractivity contribution >= 4 is 21.7 Å². The van der Waals surface area contributed by atoms with Crippen LogP contribution < -0.4 is 10.6 Å². The van der Waals surface area contributed by atoms with Crippen LogP contribution in [-0.2, 0) is 25.8 Å². The summed E-state index contributed by atoms with van der Waals surface area (Å²) in [5.74, 6) is 0.00799. The number of carbonyl (C=O) groups is 2. The smallest absolute Gasteiger partial charge is 0.237 e. The van der Waals surface area contributed by atoms with Crippen LogP contribution in [-0.4, -0.2) is 78.6 Å². The molecule has 0 bridgehead atoms. The summed E-state index contributed by atoms with van der Waals surface area (Å²) in [4.78, 5) is 28.6. The van der Waals surface area contributed by atoms with Gasteiger partial charge in [0.15, 0.2) is 9.84 Å². The van der Waals surface area contributed by atoms with Crippen LogP contribution in [0, 0.1) is 17.8 Å². The van der Waals surface area contributed by atoms with Crippen molar-refractivity contribution in [1.29, 1.82) is 0 Å². The minimum atomic E-state index is -3.20. The van der Waals surface area contributed by atoms with Crippen molar-refractivity contribution in [2.24, 2.45) is 17.8 Å². The second-order valence-electron chi connectivity index (χ2n) is 12.7. The lowest BCUT2D eigenvalue weighted by Gasteiger charge is -2.47. The van der Waals surface area contributed by atoms with E-state index in [4.69, 9.17) is 0 Å². The number of aliphatic hydroxyl groups is 1. The topological polar surface area (TPSA) is 116 Å². The molecule has 1 aromatic rings. The molecule has 0 spiro atoms. The van der Waals surface area contributed by atoms with E-state index in [1.165, 1.54) is 12.8 Å². The van der Waals surface area contributed by atoms with Crippen LogP contribution in [0.3, 0.4) is 0 Å². The molecular formula is C29H45N3O5S. The Hall–Kier alpha value is -1.97. The maximum atomic E-state index is 13.4. The minimum absolute atomic E-state index is 0.00599. The molecule has 1 aliphatic carbocycles. The molecule has 2 heterocycles. The van der Waals surface area contributed by atoms with Crippen molar-refractivity contribution in [2.75, 3.05) is 24.6 Å². The van der Waals surface area contributed by atoms with E-state index in [1.807, 2.05) is 51.1 Å². The van der Waals surface area contributed by atoms with Gasteiger partial charge in [-0.2, -0.15) is 0 Å². The van der Waals surface area contributed by atoms with Gasteiger partial charge in [-0.15, -0.1) is 0 Å². The highest BCUT2D eigenvalue weighted by Gasteiger charge is 2.42. The number of nitrogens with zero attached hydrogens (tertiary/aromatic N) is 1. The molecule has 38 heavy (non-hydrogen) atoms. The van der Waals surface area contributed by atoms with Gasteiger partial charge in [-0.25, -0.2) is 8.42 Å². The molecule has 3 fully saturated rings. The number of benzene rings is 1. The molecule has 2 saturated heterocycles. The first-order chi connectivity index (χ1) is 17.9. The van der Waals surface area contributed by atoms with Gasteiger partial charge >= 0.3 is 0 Å². The Morgan fingerprint density at radius 2 is 1.74 bits per heavy atom. The summed E-state index contributed by atoms with van der Waals surface area (Å²) in [5.41, 5.74) is 0.625. The Morgan fingerprint density at radius 1 is 1.05 bits per heavy atom. The average molecular weight is 548 g/mol. The molecule has 3 N–H and O–H groups in total. The maximum Gasteiger partial charge on any atom is 0.237 e. The van der Waals surface area contributed by atoms with Crippen LogP contribution >= 0.6 is 0 Å². The molecule has 1 unspecified atom stereocenters. The molecule has 8 nitrogen and oxygen atoms in total. The van der Waals surface area contributed by atoms with Crippen molar-refractivity contribution in [1.82, 2.24) is 15.5 Å². The number of piperidine rings is 1. The second kappa shape index (κ2) is 12.0. The summed E-state index contributed by atoms with van der Waals surface area (Å²) in [5, 5.41) is 17.7. The number of aliphatic hydroxyl groups excluding tert-OH is 1. The average Bonchev–Trinajstić information content (AvgIpc) is 3.22. The van der Waals surface area contributed by atoms with Gasteiger partial charge in [0.25, 0.3) is 0 Å². The fourth-order valence-electron chi connectivity index (χ4n) is 6.45. The molecule has 2 aliphatic heterocycles. The van der Waals surface area contributed by atoms with Crippen LogP contribution in [0.1, 0.15) is 64.9 Å². The summed E-state index contributed by atoms with van der Waals surface area (Å²) < 4.78 is 23.9. The number of hydrogen-bond donors (Lipinski definition) is 3. The van der Waals surface area contributed by atoms with Crippen LogP contribution in [0.5, 0.6) is 0 Å². The molecule has 9 heteroatoms. The number of β-amino-alcohol motifs (C(OH)–C–C–N with tert-alkyl or cyclic N) is 1. The first kappa shape index (κ1) is 29.0. The zero-order chi connectivity index (χ0) is 27.5. The molecule has 3 aliphatic rings. The third-order valence-electron chi connectivity index (χ3n) is 8.42. The van der Waals surface area contributed by atoms with Crippen molar-refractivity contribution in [3.63, 3.8) is 0 Å². The molecular weight excluding hydrogens is 502 g/mol. The summed E-state index contributed by atoms with van der Waals surface area (Å²) >= 11 is 0. The minimum Gasteiger partial charge on any atom is -0.390 e. The van der Waals surface area contributed by atoms with Crippen LogP contribution in [0.25, 0.3) is 0 Å². The van der Waals surface area contributed by atoms with Crippen molar-refractivity contribution in [2.45, 2.75) is 89.4 Å². The van der Waals surface area contributed by atoms with E-state index < -0.39 is 27.9 Å². The number of amides is 2. The summed E-state index contributed by atoms with van der Waals surface area (Å²) in [6, 6.07) is 8.76. The molecule has 2 amide bonds. The lowest BCUT2D eigenvalue weighted by molar-refractivity contribution is -0.133. The quantitative estimate of drug-likeness (QED) is 0.460. The third-order valence-corrected chi connectivity index (χ3v) is 10.2. The SMILES string of the molecule is CC(C)(C)NC(=O)[C@@H]1C[C@@H]2CCCC[C@@H]2CN1C[C@@H](O)[C@H](Cc1ccccc1)NC(=O)C1CCS(=O)(=O)C1. The fourth-order valence-corrected chi connectivity index (χ4v) is 8.19. The monoisotopic (exact) mass is 547 g/mol. The zero-order valence-electron chi connectivity index (χ0n) is 23.1. The molecule has 1 saturated carbocycles. The zero-order valence-corrected chi connectivity index (χ0v) is 23.9. The number of hydrogen-bond acceptors (Lipinski definition) is 6. The Kier molecular flexibility index (Phi) is 9.20. The largest absolute Gasteiger partial charge is 0.390 e. The molecule has 0 aromatic heterocycles. The predicted molar refractivity (Wildman–Crippen MR) is 148 cm³/mol. The highest BCUT2D eigenvalue weighted by Crippen LogP contribution is 2.39. The molecule has 1 aromatic carbocycles. The van der Waals surface area contributed by atoms with E-state index >= 15 is 0 Å². The van der Waals surface area contributed by atoms with Gasteiger partial charge in [-0.1, -0.05) is 49.6 Å². The normalized spacial score (nSPS) is 29.2. The summed E-state index contributed by atoms with van der Waals surface area (Å²) in [7, 11) is -3.20. The van der Waals surface area contributed by atoms with Crippen LogP contribution in [0.4, 0.5) is 0 Å². The van der Waals surface area contributed by atoms with Gasteiger partial charge in [0, 0.05) is 18.6 Å². The van der Waals surface area contributed by atoms with Crippen molar-refractivity contribution < 1.29 is 23.1 Å². The van der Waals surface area contributed by atoms with E-state index in [0.29, 0.717) is 24.7 Å². The number of likely N-dealkylation sites (tertiary alicyclic amines) is 1. The van der Waals surface area contributed by atoms with E-state index in [9.17, 15) is 23.1 Å². The standard InChI is InChI=1S/C29H45N3O5S/c1-29(2,3)31-28(35)25-16-21-11-7-8-12-22(21)17-32(25)18-26(33)24(15-20-9-5-4-6-10-20)30-27(34)23-13-14-38(36,37)19-23/h4-6,9-10,21-26,33H,7-8,11-19H2,1-3H3,(H,30,34)(H,31,35)/t21-,22+,23?,24-,25-,26+/m0/s1. The van der Waals surface area contributed by atoms with Crippen LogP contribution in [0.2, 0.25) is 0 Å². The van der Waals surface area contributed by atoms with Crippen LogP contribution in [0.15, 0.2) is 30.3 Å². The highest BCUT2D eigenvalue weighted by atomic mass is 32.2. The lowest BCUT2D eigenvalue weighted by atomic mass is 9.72. The first-order valence-corrected chi connectivity index (χ1v) is 16.0. The predicted octanol–water partition coefficient (Wildman–Crippen LogP) is 2.30. The van der Waals surface area contributed by atoms with E-state index in [2.05, 4.69) is 15.5 Å². The highest BCUT2D eigenvalue weighted by molar-refractivity contribution is 7.91. The third kappa shape index (κ3) is 7.79. The van der Waals surface area contributed by atoms with Gasteiger partial charge in [0.2, 0.25) is 11.8 Å². The van der Waals surface area contributed by atoms with Gasteiger partial charge in [-0.05, 0) is 63.9 Å². The van der Waals surface area contributed by atoms with E-state index in [-0.39, 0.29) is 41.4 Å². The number of carbonyl (C=O) groups excluding carboxylic acids is 2. The Bertz CT molecular complexity index is 1070. The number of sulfone groups is 1. The molecule has 6 atom stereocenters. The Balaban J connectivity index is 1.51. The van der Waals surface area contributed by atoms with Crippen molar-refractivity contribution in [3.05, 3.63) is 35.9 Å². The first-order valence-electron chi connectivity index (χ1n) is 14.2. The number of nitrogens with one attached hydrogen (secondary N) is 2. The van der Waals surface area contributed by atoms with Gasteiger partial charge in [0.1, 0.15) is 0 Å². The second-order valence-corrected chi connectivity index (χ2v) is 15.0. The van der Waals surface area contributed by atoms with E-state index in [1.54, 1.807) is 0 Å². The molecule has 4 rings (SSSR count).